The molecule has 1 saturated carbocycles. The normalized spacial score (nSPS) is 15.7. The lowest BCUT2D eigenvalue weighted by molar-refractivity contribution is -0.154. The van der Waals surface area contributed by atoms with Crippen molar-refractivity contribution in [2.45, 2.75) is 58.4 Å². The standard InChI is InChI=1S/C22H28N4O3S/c1-3-15(4-2)20(26-13-23-12-24-26)17-9-10-18-19(11-17)30-22(25-18)29-14-28-21(27)16-7-5-6-8-16/h9-13,15-16,20H,3-8,14H2,1-2H3. The minimum absolute atomic E-state index is 0.0327. The van der Waals surface area contributed by atoms with Crippen molar-refractivity contribution in [3.8, 4) is 5.19 Å². The van der Waals surface area contributed by atoms with Crippen LogP contribution < -0.4 is 4.74 Å². The largest absolute Gasteiger partial charge is 0.432 e. The molecule has 0 bridgehead atoms. The third-order valence-electron chi connectivity index (χ3n) is 6.02. The van der Waals surface area contributed by atoms with E-state index in [-0.39, 0.29) is 24.7 Å². The van der Waals surface area contributed by atoms with E-state index in [1.54, 1.807) is 12.7 Å². The molecular weight excluding hydrogens is 400 g/mol. The van der Waals surface area contributed by atoms with Gasteiger partial charge in [-0.15, -0.1) is 0 Å². The molecule has 2 aromatic heterocycles. The van der Waals surface area contributed by atoms with Gasteiger partial charge in [0.15, 0.2) is 0 Å². The van der Waals surface area contributed by atoms with E-state index >= 15 is 0 Å². The highest BCUT2D eigenvalue weighted by atomic mass is 32.1. The van der Waals surface area contributed by atoms with Crippen molar-refractivity contribution in [3.05, 3.63) is 36.4 Å². The summed E-state index contributed by atoms with van der Waals surface area (Å²) in [6, 6.07) is 6.42. The van der Waals surface area contributed by atoms with Gasteiger partial charge in [-0.05, 0) is 36.5 Å². The maximum atomic E-state index is 12.0. The summed E-state index contributed by atoms with van der Waals surface area (Å²) in [4.78, 5) is 20.7. The summed E-state index contributed by atoms with van der Waals surface area (Å²) < 4.78 is 13.9. The molecule has 0 aliphatic heterocycles. The van der Waals surface area contributed by atoms with Gasteiger partial charge in [-0.3, -0.25) is 4.79 Å². The molecule has 0 radical (unpaired) electrons. The fourth-order valence-corrected chi connectivity index (χ4v) is 5.17. The van der Waals surface area contributed by atoms with Gasteiger partial charge in [-0.1, -0.05) is 56.9 Å². The summed E-state index contributed by atoms with van der Waals surface area (Å²) in [6.45, 7) is 4.33. The van der Waals surface area contributed by atoms with Crippen LogP contribution in [0.15, 0.2) is 30.9 Å². The minimum Gasteiger partial charge on any atom is -0.432 e. The summed E-state index contributed by atoms with van der Waals surface area (Å²) in [5.41, 5.74) is 2.06. The Hall–Kier alpha value is -2.48. The minimum atomic E-state index is -0.156. The van der Waals surface area contributed by atoms with Crippen LogP contribution in [-0.4, -0.2) is 32.5 Å². The highest BCUT2D eigenvalue weighted by Gasteiger charge is 2.25. The van der Waals surface area contributed by atoms with Gasteiger partial charge in [-0.2, -0.15) is 5.10 Å². The van der Waals surface area contributed by atoms with E-state index in [1.807, 2.05) is 10.7 Å². The molecule has 3 aromatic rings. The van der Waals surface area contributed by atoms with E-state index in [0.29, 0.717) is 11.1 Å². The van der Waals surface area contributed by atoms with E-state index in [9.17, 15) is 4.79 Å². The number of thiazole rings is 1. The Bertz CT molecular complexity index is 962. The van der Waals surface area contributed by atoms with Gasteiger partial charge in [0.1, 0.15) is 12.7 Å². The van der Waals surface area contributed by atoms with Crippen molar-refractivity contribution in [3.63, 3.8) is 0 Å². The van der Waals surface area contributed by atoms with Gasteiger partial charge in [0.25, 0.3) is 5.19 Å². The van der Waals surface area contributed by atoms with Crippen molar-refractivity contribution in [2.24, 2.45) is 11.8 Å². The number of hydrogen-bond acceptors (Lipinski definition) is 7. The van der Waals surface area contributed by atoms with E-state index < -0.39 is 0 Å². The number of ether oxygens (including phenoxy) is 2. The van der Waals surface area contributed by atoms with Crippen LogP contribution in [0, 0.1) is 11.8 Å². The molecule has 1 unspecified atom stereocenters. The van der Waals surface area contributed by atoms with E-state index in [4.69, 9.17) is 9.47 Å². The average Bonchev–Trinajstić information content (AvgIpc) is 3.53. The molecule has 0 spiro atoms. The highest BCUT2D eigenvalue weighted by molar-refractivity contribution is 7.20. The average molecular weight is 429 g/mol. The topological polar surface area (TPSA) is 79.1 Å². The Morgan fingerprint density at radius 1 is 1.27 bits per heavy atom. The summed E-state index contributed by atoms with van der Waals surface area (Å²) in [7, 11) is 0. The molecule has 0 N–H and O–H groups in total. The zero-order valence-corrected chi connectivity index (χ0v) is 18.3. The second kappa shape index (κ2) is 9.55. The molecule has 1 atom stereocenters. The van der Waals surface area contributed by atoms with Crippen molar-refractivity contribution < 1.29 is 14.3 Å². The smallest absolute Gasteiger partial charge is 0.311 e. The molecular formula is C22H28N4O3S. The van der Waals surface area contributed by atoms with Crippen LogP contribution in [0.3, 0.4) is 0 Å². The first-order chi connectivity index (χ1) is 14.7. The third-order valence-corrected chi connectivity index (χ3v) is 6.95. The van der Waals surface area contributed by atoms with E-state index in [2.05, 4.69) is 41.0 Å². The molecule has 2 heterocycles. The number of carbonyl (C=O) groups is 1. The fourth-order valence-electron chi connectivity index (χ4n) is 4.32. The van der Waals surface area contributed by atoms with Gasteiger partial charge < -0.3 is 9.47 Å². The maximum Gasteiger partial charge on any atom is 0.311 e. The number of carbonyl (C=O) groups excluding carboxylic acids is 1. The molecule has 1 aromatic carbocycles. The number of fused-ring (bicyclic) bond motifs is 1. The molecule has 1 fully saturated rings. The monoisotopic (exact) mass is 428 g/mol. The number of aromatic nitrogens is 4. The lowest BCUT2D eigenvalue weighted by Crippen LogP contribution is -2.20. The second-order valence-electron chi connectivity index (χ2n) is 7.81. The molecule has 1 aliphatic rings. The number of rotatable bonds is 9. The van der Waals surface area contributed by atoms with Crippen LogP contribution in [0.2, 0.25) is 0 Å². The summed E-state index contributed by atoms with van der Waals surface area (Å²) in [5.74, 6) is 0.338. The quantitative estimate of drug-likeness (QED) is 0.353. The van der Waals surface area contributed by atoms with Gasteiger partial charge >= 0.3 is 5.97 Å². The Morgan fingerprint density at radius 3 is 2.77 bits per heavy atom. The summed E-state index contributed by atoms with van der Waals surface area (Å²) in [5, 5.41) is 4.92. The van der Waals surface area contributed by atoms with Crippen molar-refractivity contribution in [1.82, 2.24) is 19.7 Å². The van der Waals surface area contributed by atoms with Gasteiger partial charge in [0, 0.05) is 0 Å². The van der Waals surface area contributed by atoms with E-state index in [1.165, 1.54) is 16.9 Å². The predicted molar refractivity (Wildman–Crippen MR) is 115 cm³/mol. The van der Waals surface area contributed by atoms with Crippen LogP contribution in [0.5, 0.6) is 5.19 Å². The van der Waals surface area contributed by atoms with Crippen LogP contribution >= 0.6 is 11.3 Å². The number of benzene rings is 1. The Morgan fingerprint density at radius 2 is 2.07 bits per heavy atom. The van der Waals surface area contributed by atoms with Crippen molar-refractivity contribution in [1.29, 1.82) is 0 Å². The second-order valence-corrected chi connectivity index (χ2v) is 8.80. The molecule has 30 heavy (non-hydrogen) atoms. The summed E-state index contributed by atoms with van der Waals surface area (Å²) >= 11 is 1.47. The number of hydrogen-bond donors (Lipinski definition) is 0. The first-order valence-electron chi connectivity index (χ1n) is 10.7. The molecule has 1 aliphatic carbocycles. The first-order valence-corrected chi connectivity index (χ1v) is 11.5. The lowest BCUT2D eigenvalue weighted by Gasteiger charge is -2.25. The first kappa shape index (κ1) is 20.8. The van der Waals surface area contributed by atoms with Crippen LogP contribution in [-0.2, 0) is 9.53 Å². The van der Waals surface area contributed by atoms with Crippen LogP contribution in [0.4, 0.5) is 0 Å². The summed E-state index contributed by atoms with van der Waals surface area (Å²) in [6.07, 6.45) is 9.54. The third kappa shape index (κ3) is 4.48. The molecule has 7 nitrogen and oxygen atoms in total. The van der Waals surface area contributed by atoms with Crippen LogP contribution in [0.25, 0.3) is 10.2 Å². The predicted octanol–water partition coefficient (Wildman–Crippen LogP) is 4.98. The van der Waals surface area contributed by atoms with Gasteiger partial charge in [0.05, 0.1) is 22.2 Å². The highest BCUT2D eigenvalue weighted by Crippen LogP contribution is 2.35. The fraction of sp³-hybridized carbons (Fsp3) is 0.545. The molecule has 0 saturated heterocycles. The Balaban J connectivity index is 1.48. The Kier molecular flexibility index (Phi) is 6.62. The lowest BCUT2D eigenvalue weighted by atomic mass is 9.89. The molecule has 160 valence electrons. The number of nitrogens with zero attached hydrogens (tertiary/aromatic N) is 4. The molecule has 4 rings (SSSR count). The molecule has 8 heteroatoms. The van der Waals surface area contributed by atoms with Crippen LogP contribution in [0.1, 0.15) is 64.0 Å². The SMILES string of the molecule is CCC(CC)C(c1ccc2nc(OCOC(=O)C3CCCC3)sc2c1)n1cncn1. The van der Waals surface area contributed by atoms with Gasteiger partial charge in [-0.25, -0.2) is 14.6 Å². The zero-order chi connectivity index (χ0) is 20.9. The zero-order valence-electron chi connectivity index (χ0n) is 17.5. The maximum absolute atomic E-state index is 12.0. The Labute approximate surface area is 180 Å². The van der Waals surface area contributed by atoms with Gasteiger partial charge in [0.2, 0.25) is 6.79 Å². The number of esters is 1. The van der Waals surface area contributed by atoms with Crippen molar-refractivity contribution in [2.75, 3.05) is 6.79 Å². The van der Waals surface area contributed by atoms with E-state index in [0.717, 1.165) is 48.7 Å². The van der Waals surface area contributed by atoms with Crippen molar-refractivity contribution >= 4 is 27.5 Å². The molecule has 0 amide bonds.